The van der Waals surface area contributed by atoms with Gasteiger partial charge in [-0.05, 0) is 91.3 Å². The number of hydrogen-bond donors (Lipinski definition) is 0. The lowest BCUT2D eigenvalue weighted by molar-refractivity contribution is 0.601. The van der Waals surface area contributed by atoms with Gasteiger partial charge in [-0.25, -0.2) is 0 Å². The summed E-state index contributed by atoms with van der Waals surface area (Å²) in [7, 11) is 0. The summed E-state index contributed by atoms with van der Waals surface area (Å²) in [4.78, 5) is 3.12. The molecule has 5 heteroatoms. The number of hydrogen-bond acceptors (Lipinski definition) is 4. The molecule has 0 amide bonds. The zero-order chi connectivity index (χ0) is 18.6. The van der Waals surface area contributed by atoms with Crippen molar-refractivity contribution in [2.75, 3.05) is 0 Å². The van der Waals surface area contributed by atoms with Crippen LogP contribution in [0.1, 0.15) is 16.7 Å². The normalized spacial score (nSPS) is 11.5. The first-order chi connectivity index (χ1) is 12.4. The number of benzene rings is 3. The molecule has 3 aromatic rings. The molecule has 0 aliphatic carbocycles. The summed E-state index contributed by atoms with van der Waals surface area (Å²) in [5.74, 6) is 0. The van der Waals surface area contributed by atoms with Crippen molar-refractivity contribution in [1.82, 2.24) is 0 Å². The van der Waals surface area contributed by atoms with Gasteiger partial charge in [0.15, 0.2) is 0 Å². The molecule has 0 aliphatic rings. The Morgan fingerprint density at radius 2 is 0.731 bits per heavy atom. The average Bonchev–Trinajstić information content (AvgIpc) is 2.61. The highest BCUT2D eigenvalue weighted by Gasteiger charge is 2.27. The van der Waals surface area contributed by atoms with E-state index in [-0.39, 0.29) is 0 Å². The molecule has 0 bridgehead atoms. The van der Waals surface area contributed by atoms with Gasteiger partial charge in [0.25, 0.3) is 4.75 Å². The molecule has 0 atom stereocenters. The highest BCUT2D eigenvalue weighted by atomic mass is 33.4. The van der Waals surface area contributed by atoms with Crippen LogP contribution in [0.25, 0.3) is 0 Å². The fourth-order valence-corrected chi connectivity index (χ4v) is 13.3. The van der Waals surface area contributed by atoms with Crippen molar-refractivity contribution in [3.05, 3.63) is 89.5 Å². The first-order valence-corrected chi connectivity index (χ1v) is 14.3. The molecule has 0 aromatic heterocycles. The topological polar surface area (TPSA) is 17.1 Å². The first kappa shape index (κ1) is 19.7. The lowest BCUT2D eigenvalue weighted by Gasteiger charge is -2.17. The Kier molecular flexibility index (Phi) is 6.63. The third-order valence-corrected chi connectivity index (χ3v) is 13.8. The standard InChI is InChI=1S/C21H21OPS3/c1-16-4-10-19(11-5-16)24-23(22,25-20-12-6-17(2)7-13-20)26-21-14-8-18(3)9-15-21/h4-15H,1-3H3. The molecular formula is C21H21OPS3. The minimum atomic E-state index is -2.68. The first-order valence-electron chi connectivity index (χ1n) is 8.31. The smallest absolute Gasteiger partial charge is 0.257 e. The minimum Gasteiger partial charge on any atom is -0.287 e. The molecule has 0 saturated carbocycles. The Hall–Kier alpha value is -1.06. The van der Waals surface area contributed by atoms with Gasteiger partial charge in [-0.2, -0.15) is 0 Å². The van der Waals surface area contributed by atoms with Crippen molar-refractivity contribution >= 4 is 38.9 Å². The molecule has 0 saturated heterocycles. The molecule has 3 aromatic carbocycles. The van der Waals surface area contributed by atoms with Gasteiger partial charge in [-0.1, -0.05) is 53.1 Å². The summed E-state index contributed by atoms with van der Waals surface area (Å²) in [5, 5.41) is 0. The fourth-order valence-electron chi connectivity index (χ4n) is 2.24. The predicted molar refractivity (Wildman–Crippen MR) is 119 cm³/mol. The molecule has 26 heavy (non-hydrogen) atoms. The van der Waals surface area contributed by atoms with Crippen LogP contribution >= 0.6 is 38.9 Å². The Labute approximate surface area is 168 Å². The third kappa shape index (κ3) is 5.72. The number of rotatable bonds is 6. The average molecular weight is 417 g/mol. The summed E-state index contributed by atoms with van der Waals surface area (Å²) < 4.78 is 11.2. The molecular weight excluding hydrogens is 395 g/mol. The highest BCUT2D eigenvalue weighted by molar-refractivity contribution is 9.14. The molecule has 0 N–H and O–H groups in total. The van der Waals surface area contributed by atoms with Crippen LogP contribution in [-0.4, -0.2) is 0 Å². The number of aryl methyl sites for hydroxylation is 3. The second kappa shape index (κ2) is 8.75. The van der Waals surface area contributed by atoms with Gasteiger partial charge in [-0.15, -0.1) is 0 Å². The molecule has 0 radical (unpaired) electrons. The molecule has 1 nitrogen and oxygen atoms in total. The Balaban J connectivity index is 1.88. The lowest BCUT2D eigenvalue weighted by Crippen LogP contribution is -1.77. The van der Waals surface area contributed by atoms with Crippen molar-refractivity contribution in [2.45, 2.75) is 35.5 Å². The molecule has 0 spiro atoms. The maximum atomic E-state index is 13.9. The summed E-state index contributed by atoms with van der Waals surface area (Å²) in [6, 6.07) is 24.7. The van der Waals surface area contributed by atoms with E-state index in [1.54, 1.807) is 0 Å². The van der Waals surface area contributed by atoms with Crippen LogP contribution < -0.4 is 0 Å². The SMILES string of the molecule is Cc1ccc(SP(=O)(Sc2ccc(C)cc2)Sc2ccc(C)cc2)cc1. The van der Waals surface area contributed by atoms with Gasteiger partial charge in [0.2, 0.25) is 0 Å². The van der Waals surface area contributed by atoms with Crippen molar-refractivity contribution in [3.8, 4) is 0 Å². The van der Waals surface area contributed by atoms with Crippen LogP contribution in [0, 0.1) is 20.8 Å². The van der Waals surface area contributed by atoms with Crippen LogP contribution in [0.2, 0.25) is 0 Å². The van der Waals surface area contributed by atoms with Gasteiger partial charge >= 0.3 is 0 Å². The van der Waals surface area contributed by atoms with Crippen LogP contribution in [0.3, 0.4) is 0 Å². The van der Waals surface area contributed by atoms with E-state index in [1.807, 2.05) is 0 Å². The second-order valence-electron chi connectivity index (χ2n) is 6.16. The fraction of sp³-hybridized carbons (Fsp3) is 0.143. The Morgan fingerprint density at radius 1 is 0.500 bits per heavy atom. The molecule has 0 fully saturated rings. The zero-order valence-corrected chi connectivity index (χ0v) is 18.4. The predicted octanol–water partition coefficient (Wildman–Crippen LogP) is 8.40. The van der Waals surface area contributed by atoms with E-state index in [9.17, 15) is 4.57 Å². The molecule has 0 aliphatic heterocycles. The minimum absolute atomic E-state index is 1.04. The van der Waals surface area contributed by atoms with Crippen LogP contribution in [-0.2, 0) is 4.57 Å². The highest BCUT2D eigenvalue weighted by Crippen LogP contribution is 2.82. The molecule has 134 valence electrons. The summed E-state index contributed by atoms with van der Waals surface area (Å²) in [5.41, 5.74) is 3.63. The van der Waals surface area contributed by atoms with Crippen molar-refractivity contribution in [1.29, 1.82) is 0 Å². The van der Waals surface area contributed by atoms with Crippen LogP contribution in [0.4, 0.5) is 0 Å². The van der Waals surface area contributed by atoms with E-state index in [1.165, 1.54) is 50.8 Å². The van der Waals surface area contributed by atoms with Crippen LogP contribution in [0.5, 0.6) is 0 Å². The van der Waals surface area contributed by atoms with Gasteiger partial charge in [0, 0.05) is 14.7 Å². The monoisotopic (exact) mass is 416 g/mol. The Morgan fingerprint density at radius 3 is 0.962 bits per heavy atom. The summed E-state index contributed by atoms with van der Waals surface area (Å²) in [6.07, 6.45) is 0. The van der Waals surface area contributed by atoms with E-state index in [0.717, 1.165) is 14.7 Å². The van der Waals surface area contributed by atoms with E-state index in [0.29, 0.717) is 0 Å². The maximum Gasteiger partial charge on any atom is 0.257 e. The van der Waals surface area contributed by atoms with Gasteiger partial charge in [0.05, 0.1) is 0 Å². The molecule has 0 heterocycles. The van der Waals surface area contributed by atoms with Gasteiger partial charge < -0.3 is 0 Å². The lowest BCUT2D eigenvalue weighted by atomic mass is 10.2. The molecule has 3 rings (SSSR count). The summed E-state index contributed by atoms with van der Waals surface area (Å²) >= 11 is 4.44. The second-order valence-corrected chi connectivity index (χ2v) is 17.4. The third-order valence-electron chi connectivity index (χ3n) is 3.71. The Bertz CT molecular complexity index is 781. The van der Waals surface area contributed by atoms with E-state index >= 15 is 0 Å². The maximum absolute atomic E-state index is 13.9. The van der Waals surface area contributed by atoms with Crippen molar-refractivity contribution < 1.29 is 4.57 Å². The van der Waals surface area contributed by atoms with E-state index in [2.05, 4.69) is 93.6 Å². The van der Waals surface area contributed by atoms with Crippen LogP contribution in [0.15, 0.2) is 87.5 Å². The summed E-state index contributed by atoms with van der Waals surface area (Å²) in [6.45, 7) is 6.20. The van der Waals surface area contributed by atoms with E-state index < -0.39 is 4.75 Å². The van der Waals surface area contributed by atoms with E-state index in [4.69, 9.17) is 0 Å². The largest absolute Gasteiger partial charge is 0.287 e. The van der Waals surface area contributed by atoms with Gasteiger partial charge in [-0.3, -0.25) is 4.57 Å². The zero-order valence-electron chi connectivity index (χ0n) is 15.0. The van der Waals surface area contributed by atoms with Crippen molar-refractivity contribution in [3.63, 3.8) is 0 Å². The molecule has 0 unspecified atom stereocenters. The van der Waals surface area contributed by atoms with Gasteiger partial charge in [0.1, 0.15) is 0 Å². The van der Waals surface area contributed by atoms with Crippen molar-refractivity contribution in [2.24, 2.45) is 0 Å². The quantitative estimate of drug-likeness (QED) is 0.375.